The minimum absolute atomic E-state index is 0.111. The zero-order chi connectivity index (χ0) is 20.3. The van der Waals surface area contributed by atoms with E-state index in [1.54, 1.807) is 30.3 Å². The summed E-state index contributed by atoms with van der Waals surface area (Å²) in [5, 5.41) is 25.4. The molecule has 1 heterocycles. The number of benzene rings is 2. The van der Waals surface area contributed by atoms with Crippen molar-refractivity contribution < 1.29 is 10.0 Å². The van der Waals surface area contributed by atoms with E-state index in [0.29, 0.717) is 5.56 Å². The molecule has 0 saturated carbocycles. The van der Waals surface area contributed by atoms with E-state index in [2.05, 4.69) is 20.5 Å². The van der Waals surface area contributed by atoms with Crippen LogP contribution in [0, 0.1) is 10.1 Å². The number of thiocarbonyl (C=S) groups is 1. The van der Waals surface area contributed by atoms with Crippen LogP contribution in [0.5, 0.6) is 0 Å². The van der Waals surface area contributed by atoms with E-state index in [9.17, 15) is 20.0 Å². The monoisotopic (exact) mass is 398 g/mol. The van der Waals surface area contributed by atoms with E-state index in [-0.39, 0.29) is 33.2 Å². The highest BCUT2D eigenvalue weighted by molar-refractivity contribution is 7.80. The van der Waals surface area contributed by atoms with Gasteiger partial charge in [0.05, 0.1) is 16.0 Å². The fourth-order valence-corrected chi connectivity index (χ4v) is 2.56. The van der Waals surface area contributed by atoms with Crippen LogP contribution in [0.1, 0.15) is 17.4 Å². The summed E-state index contributed by atoms with van der Waals surface area (Å²) < 4.78 is 0. The van der Waals surface area contributed by atoms with Crippen molar-refractivity contribution in [2.45, 2.75) is 6.10 Å². The summed E-state index contributed by atoms with van der Waals surface area (Å²) in [5.41, 5.74) is 7.50. The van der Waals surface area contributed by atoms with Crippen LogP contribution in [0.15, 0.2) is 58.4 Å². The van der Waals surface area contributed by atoms with Gasteiger partial charge in [0.15, 0.2) is 10.8 Å². The largest absolute Gasteiger partial charge is 0.382 e. The minimum Gasteiger partial charge on any atom is -0.382 e. The zero-order valence-electron chi connectivity index (χ0n) is 14.2. The summed E-state index contributed by atoms with van der Waals surface area (Å²) in [6.45, 7) is 0. The third-order valence-electron chi connectivity index (χ3n) is 3.79. The number of nitrogens with one attached hydrogen (secondary N) is 2. The van der Waals surface area contributed by atoms with Crippen molar-refractivity contribution in [1.29, 1.82) is 0 Å². The first-order valence-electron chi connectivity index (χ1n) is 7.91. The molecular weight excluding hydrogens is 384 g/mol. The Labute approximate surface area is 162 Å². The van der Waals surface area contributed by atoms with E-state index in [0.717, 1.165) is 0 Å². The Kier molecular flexibility index (Phi) is 5.38. The van der Waals surface area contributed by atoms with Gasteiger partial charge >= 0.3 is 0 Å². The van der Waals surface area contributed by atoms with Crippen LogP contribution >= 0.6 is 12.2 Å². The molecule has 2 aromatic carbocycles. The fraction of sp³-hybridized carbons (Fsp3) is 0.0588. The summed E-state index contributed by atoms with van der Waals surface area (Å²) in [5.74, 6) is 0. The van der Waals surface area contributed by atoms with Crippen molar-refractivity contribution in [3.05, 3.63) is 80.3 Å². The first kappa shape index (κ1) is 19.1. The van der Waals surface area contributed by atoms with Gasteiger partial charge in [-0.05, 0) is 23.8 Å². The number of nitro groups is 1. The van der Waals surface area contributed by atoms with Gasteiger partial charge in [-0.2, -0.15) is 5.10 Å². The number of nitrogens with zero attached hydrogens (tertiary/aromatic N) is 3. The lowest BCUT2D eigenvalue weighted by Gasteiger charge is -2.14. The smallest absolute Gasteiger partial charge is 0.276 e. The lowest BCUT2D eigenvalue weighted by Crippen LogP contribution is -2.31. The number of H-pyrrole nitrogens is 1. The molecule has 1 aromatic heterocycles. The Morgan fingerprint density at radius 2 is 2.04 bits per heavy atom. The molecule has 10 nitrogen and oxygen atoms in total. The Bertz CT molecular complexity index is 1150. The number of nitro benzene ring substituents is 1. The van der Waals surface area contributed by atoms with Gasteiger partial charge in [-0.1, -0.05) is 30.3 Å². The highest BCUT2D eigenvalue weighted by Gasteiger charge is 2.23. The van der Waals surface area contributed by atoms with Crippen molar-refractivity contribution in [3.8, 4) is 0 Å². The van der Waals surface area contributed by atoms with Crippen LogP contribution in [0.3, 0.4) is 0 Å². The Morgan fingerprint density at radius 3 is 2.68 bits per heavy atom. The quantitative estimate of drug-likeness (QED) is 0.215. The predicted octanol–water partition coefficient (Wildman–Crippen LogP) is 1.10. The standard InChI is InChI=1S/C17H14N6O4S/c18-17(28)22-21-13(15(24)9-4-2-1-3-5-9)14-16(25)20-12-8-10(23(26)27)6-7-11(12)19-14/h1-8,15,24H,(H,20,25)(H3,18,22,28)/b21-13+. The van der Waals surface area contributed by atoms with Crippen LogP contribution in [-0.2, 0) is 0 Å². The molecule has 0 saturated heterocycles. The van der Waals surface area contributed by atoms with E-state index in [4.69, 9.17) is 18.0 Å². The summed E-state index contributed by atoms with van der Waals surface area (Å²) in [6.07, 6.45) is -1.30. The number of nitrogens with two attached hydrogens (primary N) is 1. The minimum atomic E-state index is -1.30. The van der Waals surface area contributed by atoms with Crippen LogP contribution in [0.4, 0.5) is 5.69 Å². The van der Waals surface area contributed by atoms with Gasteiger partial charge in [0, 0.05) is 12.1 Å². The normalized spacial score (nSPS) is 12.5. The molecule has 0 bridgehead atoms. The number of hydrogen-bond acceptors (Lipinski definition) is 7. The van der Waals surface area contributed by atoms with Gasteiger partial charge < -0.3 is 15.8 Å². The molecule has 28 heavy (non-hydrogen) atoms. The van der Waals surface area contributed by atoms with Crippen LogP contribution in [0.25, 0.3) is 11.0 Å². The second-order valence-corrected chi connectivity index (χ2v) is 6.10. The number of hydrazone groups is 1. The maximum absolute atomic E-state index is 12.6. The fourth-order valence-electron chi connectivity index (χ4n) is 2.51. The molecule has 5 N–H and O–H groups in total. The molecule has 3 aromatic rings. The number of aliphatic hydroxyl groups is 1. The maximum atomic E-state index is 12.6. The zero-order valence-corrected chi connectivity index (χ0v) is 15.0. The molecular formula is C17H14N6O4S. The lowest BCUT2D eigenvalue weighted by atomic mass is 10.0. The molecule has 3 rings (SSSR count). The molecule has 0 aliphatic rings. The molecule has 1 unspecified atom stereocenters. The number of aliphatic hydroxyl groups excluding tert-OH is 1. The molecule has 0 amide bonds. The summed E-state index contributed by atoms with van der Waals surface area (Å²) in [7, 11) is 0. The van der Waals surface area contributed by atoms with Crippen molar-refractivity contribution in [1.82, 2.24) is 15.4 Å². The molecule has 0 spiro atoms. The SMILES string of the molecule is NC(=S)N/N=C(\c1nc2ccc([N+](=O)[O-])cc2[nH]c1=O)C(O)c1ccccc1. The highest BCUT2D eigenvalue weighted by atomic mass is 32.1. The maximum Gasteiger partial charge on any atom is 0.276 e. The number of fused-ring (bicyclic) bond motifs is 1. The molecule has 1 atom stereocenters. The highest BCUT2D eigenvalue weighted by Crippen LogP contribution is 2.20. The van der Waals surface area contributed by atoms with Gasteiger partial charge in [-0.3, -0.25) is 20.3 Å². The van der Waals surface area contributed by atoms with Gasteiger partial charge in [0.1, 0.15) is 11.8 Å². The van der Waals surface area contributed by atoms with Crippen LogP contribution in [0.2, 0.25) is 0 Å². The van der Waals surface area contributed by atoms with Crippen molar-refractivity contribution >= 4 is 39.8 Å². The molecule has 142 valence electrons. The summed E-state index contributed by atoms with van der Waals surface area (Å²) in [6, 6.07) is 12.4. The Morgan fingerprint density at radius 1 is 1.32 bits per heavy atom. The third kappa shape index (κ3) is 4.00. The van der Waals surface area contributed by atoms with E-state index < -0.39 is 16.6 Å². The first-order valence-corrected chi connectivity index (χ1v) is 8.32. The van der Waals surface area contributed by atoms with E-state index in [1.807, 2.05) is 0 Å². The molecule has 0 radical (unpaired) electrons. The average molecular weight is 398 g/mol. The number of rotatable bonds is 5. The first-order chi connectivity index (χ1) is 13.4. The predicted molar refractivity (Wildman–Crippen MR) is 107 cm³/mol. The topological polar surface area (TPSA) is 160 Å². The van der Waals surface area contributed by atoms with Crippen molar-refractivity contribution in [3.63, 3.8) is 0 Å². The van der Waals surface area contributed by atoms with Gasteiger partial charge in [0.25, 0.3) is 11.2 Å². The van der Waals surface area contributed by atoms with Crippen LogP contribution in [-0.4, -0.2) is 30.8 Å². The van der Waals surface area contributed by atoms with E-state index in [1.165, 1.54) is 18.2 Å². The third-order valence-corrected chi connectivity index (χ3v) is 3.88. The molecule has 0 fully saturated rings. The number of aromatic amines is 1. The number of non-ortho nitro benzene ring substituents is 1. The summed E-state index contributed by atoms with van der Waals surface area (Å²) >= 11 is 4.72. The van der Waals surface area contributed by atoms with Crippen molar-refractivity contribution in [2.24, 2.45) is 10.8 Å². The number of aromatic nitrogens is 2. The van der Waals surface area contributed by atoms with Crippen molar-refractivity contribution in [2.75, 3.05) is 0 Å². The second-order valence-electron chi connectivity index (χ2n) is 5.66. The molecule has 11 heteroatoms. The second kappa shape index (κ2) is 7.90. The van der Waals surface area contributed by atoms with Gasteiger partial charge in [0.2, 0.25) is 0 Å². The molecule has 0 aliphatic carbocycles. The van der Waals surface area contributed by atoms with E-state index >= 15 is 0 Å². The Balaban J connectivity index is 2.15. The molecule has 0 aliphatic heterocycles. The lowest BCUT2D eigenvalue weighted by molar-refractivity contribution is -0.384. The number of hydrogen-bond donors (Lipinski definition) is 4. The Hall–Kier alpha value is -3.70. The summed E-state index contributed by atoms with van der Waals surface area (Å²) in [4.78, 5) is 29.6. The van der Waals surface area contributed by atoms with Crippen LogP contribution < -0.4 is 16.7 Å². The average Bonchev–Trinajstić information content (AvgIpc) is 2.68. The van der Waals surface area contributed by atoms with Gasteiger partial charge in [-0.25, -0.2) is 4.98 Å². The van der Waals surface area contributed by atoms with Gasteiger partial charge in [-0.15, -0.1) is 0 Å².